The van der Waals surface area contributed by atoms with Gasteiger partial charge < -0.3 is 24.4 Å². The van der Waals surface area contributed by atoms with Gasteiger partial charge in [0.1, 0.15) is 11.5 Å². The molecule has 0 saturated carbocycles. The zero-order valence-electron chi connectivity index (χ0n) is 13.8. The van der Waals surface area contributed by atoms with Crippen molar-refractivity contribution in [1.29, 1.82) is 0 Å². The highest BCUT2D eigenvalue weighted by Crippen LogP contribution is 2.25. The molecule has 1 fully saturated rings. The third-order valence-electron chi connectivity index (χ3n) is 3.87. The third kappa shape index (κ3) is 3.56. The maximum atomic E-state index is 12.8. The Balaban J connectivity index is 2.24. The molecule has 0 spiro atoms. The summed E-state index contributed by atoms with van der Waals surface area (Å²) in [4.78, 5) is 26.3. The molecular formula is C16H22N2O5. The van der Waals surface area contributed by atoms with Gasteiger partial charge in [-0.15, -0.1) is 0 Å². The number of ether oxygens (including phenoxy) is 3. The molecule has 1 N–H and O–H groups in total. The Morgan fingerprint density at radius 3 is 2.35 bits per heavy atom. The van der Waals surface area contributed by atoms with Gasteiger partial charge in [-0.1, -0.05) is 0 Å². The molecule has 0 unspecified atom stereocenters. The van der Waals surface area contributed by atoms with Crippen LogP contribution in [0.25, 0.3) is 0 Å². The lowest BCUT2D eigenvalue weighted by Crippen LogP contribution is -2.58. The molecular weight excluding hydrogens is 300 g/mol. The minimum atomic E-state index is -1.05. The lowest BCUT2D eigenvalue weighted by atomic mass is 10.0. The molecule has 7 nitrogen and oxygen atoms in total. The van der Waals surface area contributed by atoms with E-state index < -0.39 is 5.60 Å². The van der Waals surface area contributed by atoms with Crippen LogP contribution in [0.3, 0.4) is 0 Å². The summed E-state index contributed by atoms with van der Waals surface area (Å²) in [5.74, 6) is 0.629. The Labute approximate surface area is 135 Å². The molecule has 7 heteroatoms. The Bertz CT molecular complexity index is 582. The number of benzene rings is 1. The molecule has 0 aliphatic carbocycles. The Kier molecular flexibility index (Phi) is 5.10. The van der Waals surface area contributed by atoms with E-state index in [0.29, 0.717) is 30.2 Å². The van der Waals surface area contributed by atoms with E-state index in [1.54, 1.807) is 37.1 Å². The largest absolute Gasteiger partial charge is 0.497 e. The van der Waals surface area contributed by atoms with Crippen LogP contribution < -0.4 is 14.8 Å². The summed E-state index contributed by atoms with van der Waals surface area (Å²) < 4.78 is 16.0. The summed E-state index contributed by atoms with van der Waals surface area (Å²) >= 11 is 0. The molecule has 1 heterocycles. The molecule has 23 heavy (non-hydrogen) atoms. The Morgan fingerprint density at radius 2 is 1.83 bits per heavy atom. The van der Waals surface area contributed by atoms with Gasteiger partial charge in [-0.05, 0) is 19.1 Å². The van der Waals surface area contributed by atoms with E-state index in [-0.39, 0.29) is 18.4 Å². The monoisotopic (exact) mass is 322 g/mol. The van der Waals surface area contributed by atoms with Crippen LogP contribution >= 0.6 is 0 Å². The highest BCUT2D eigenvalue weighted by atomic mass is 16.5. The summed E-state index contributed by atoms with van der Waals surface area (Å²) in [5, 5.41) is 2.57. The number of carbonyl (C=O) groups is 2. The van der Waals surface area contributed by atoms with Crippen molar-refractivity contribution in [2.75, 3.05) is 41.0 Å². The minimum absolute atomic E-state index is 0.186. The van der Waals surface area contributed by atoms with Crippen molar-refractivity contribution in [2.24, 2.45) is 0 Å². The van der Waals surface area contributed by atoms with Gasteiger partial charge in [0.15, 0.2) is 5.60 Å². The Hall–Kier alpha value is -2.28. The van der Waals surface area contributed by atoms with Gasteiger partial charge in [0.25, 0.3) is 11.8 Å². The number of hydrogen-bond donors (Lipinski definition) is 1. The highest BCUT2D eigenvalue weighted by molar-refractivity contribution is 5.96. The van der Waals surface area contributed by atoms with E-state index in [0.717, 1.165) is 0 Å². The topological polar surface area (TPSA) is 77.1 Å². The number of amides is 2. The second-order valence-corrected chi connectivity index (χ2v) is 5.49. The smallest absolute Gasteiger partial charge is 0.254 e. The van der Waals surface area contributed by atoms with E-state index in [1.807, 2.05) is 0 Å². The lowest BCUT2D eigenvalue weighted by Gasteiger charge is -2.39. The van der Waals surface area contributed by atoms with Gasteiger partial charge in [0.2, 0.25) is 0 Å². The van der Waals surface area contributed by atoms with Crippen LogP contribution in [0.2, 0.25) is 0 Å². The van der Waals surface area contributed by atoms with Crippen LogP contribution in [-0.2, 0) is 9.53 Å². The molecule has 1 aliphatic heterocycles. The molecule has 1 aromatic rings. The van der Waals surface area contributed by atoms with E-state index in [1.165, 1.54) is 14.2 Å². The van der Waals surface area contributed by atoms with Crippen LogP contribution in [0.1, 0.15) is 17.3 Å². The van der Waals surface area contributed by atoms with Crippen molar-refractivity contribution in [2.45, 2.75) is 12.5 Å². The van der Waals surface area contributed by atoms with Crippen LogP contribution in [0, 0.1) is 0 Å². The molecule has 1 aromatic carbocycles. The zero-order valence-corrected chi connectivity index (χ0v) is 13.8. The van der Waals surface area contributed by atoms with Gasteiger partial charge in [-0.2, -0.15) is 0 Å². The highest BCUT2D eigenvalue weighted by Gasteiger charge is 2.40. The van der Waals surface area contributed by atoms with Crippen molar-refractivity contribution < 1.29 is 23.8 Å². The first kappa shape index (κ1) is 17.1. The van der Waals surface area contributed by atoms with Crippen molar-refractivity contribution in [3.63, 3.8) is 0 Å². The molecule has 0 radical (unpaired) electrons. The number of hydrogen-bond acceptors (Lipinski definition) is 5. The Morgan fingerprint density at radius 1 is 1.22 bits per heavy atom. The van der Waals surface area contributed by atoms with E-state index >= 15 is 0 Å². The van der Waals surface area contributed by atoms with Crippen LogP contribution in [0.4, 0.5) is 0 Å². The number of nitrogens with zero attached hydrogens (tertiary/aromatic N) is 1. The van der Waals surface area contributed by atoms with E-state index in [4.69, 9.17) is 14.2 Å². The standard InChI is InChI=1S/C16H22N2O5/c1-16(15(20)17-2)10-18(5-6-23-16)14(19)11-7-12(21-3)9-13(8-11)22-4/h7-9H,5-6,10H2,1-4H3,(H,17,20)/t16-/m1/s1. The third-order valence-corrected chi connectivity index (χ3v) is 3.87. The first-order valence-corrected chi connectivity index (χ1v) is 7.32. The fourth-order valence-corrected chi connectivity index (χ4v) is 2.56. The van der Waals surface area contributed by atoms with Gasteiger partial charge in [-0.3, -0.25) is 9.59 Å². The number of carbonyl (C=O) groups excluding carboxylic acids is 2. The molecule has 1 atom stereocenters. The SMILES string of the molecule is CNC(=O)[C@@]1(C)CN(C(=O)c2cc(OC)cc(OC)c2)CCO1. The van der Waals surface area contributed by atoms with Crippen LogP contribution in [0.5, 0.6) is 11.5 Å². The van der Waals surface area contributed by atoms with Gasteiger partial charge in [-0.25, -0.2) is 0 Å². The van der Waals surface area contributed by atoms with Gasteiger partial charge >= 0.3 is 0 Å². The molecule has 2 amide bonds. The maximum Gasteiger partial charge on any atom is 0.254 e. The van der Waals surface area contributed by atoms with Crippen molar-refractivity contribution in [1.82, 2.24) is 10.2 Å². The lowest BCUT2D eigenvalue weighted by molar-refractivity contribution is -0.153. The number of rotatable bonds is 4. The normalized spacial score (nSPS) is 20.8. The summed E-state index contributed by atoms with van der Waals surface area (Å²) in [6.45, 7) is 2.59. The predicted octanol–water partition coefficient (Wildman–Crippen LogP) is 0.681. The first-order valence-electron chi connectivity index (χ1n) is 7.32. The number of nitrogens with one attached hydrogen (secondary N) is 1. The predicted molar refractivity (Wildman–Crippen MR) is 83.9 cm³/mol. The number of likely N-dealkylation sites (N-methyl/N-ethyl adjacent to an activating group) is 1. The molecule has 1 aliphatic rings. The molecule has 0 aromatic heterocycles. The van der Waals surface area contributed by atoms with Gasteiger partial charge in [0, 0.05) is 25.2 Å². The quantitative estimate of drug-likeness (QED) is 0.882. The second kappa shape index (κ2) is 6.87. The summed E-state index contributed by atoms with van der Waals surface area (Å²) in [6.07, 6.45) is 0. The fourth-order valence-electron chi connectivity index (χ4n) is 2.56. The van der Waals surface area contributed by atoms with Crippen molar-refractivity contribution in [3.05, 3.63) is 23.8 Å². The maximum absolute atomic E-state index is 12.8. The van der Waals surface area contributed by atoms with E-state index in [9.17, 15) is 9.59 Å². The van der Waals surface area contributed by atoms with Gasteiger partial charge in [0.05, 0.1) is 27.4 Å². The summed E-state index contributed by atoms with van der Waals surface area (Å²) in [6, 6.07) is 5.00. The summed E-state index contributed by atoms with van der Waals surface area (Å²) in [7, 11) is 4.60. The molecule has 126 valence electrons. The average Bonchev–Trinajstić information content (AvgIpc) is 2.59. The number of morpholine rings is 1. The number of methoxy groups -OCH3 is 2. The second-order valence-electron chi connectivity index (χ2n) is 5.49. The molecule has 0 bridgehead atoms. The molecule has 1 saturated heterocycles. The minimum Gasteiger partial charge on any atom is -0.497 e. The fraction of sp³-hybridized carbons (Fsp3) is 0.500. The summed E-state index contributed by atoms with van der Waals surface area (Å²) in [5.41, 5.74) is -0.603. The zero-order chi connectivity index (χ0) is 17.0. The molecule has 2 rings (SSSR count). The van der Waals surface area contributed by atoms with Crippen LogP contribution in [0.15, 0.2) is 18.2 Å². The van der Waals surface area contributed by atoms with Crippen LogP contribution in [-0.4, -0.2) is 63.3 Å². The van der Waals surface area contributed by atoms with Crippen molar-refractivity contribution >= 4 is 11.8 Å². The van der Waals surface area contributed by atoms with E-state index in [2.05, 4.69) is 5.32 Å². The average molecular weight is 322 g/mol. The van der Waals surface area contributed by atoms with Crippen molar-refractivity contribution in [3.8, 4) is 11.5 Å². The first-order chi connectivity index (χ1) is 10.9.